The molecule has 3 amide bonds. The van der Waals surface area contributed by atoms with Crippen molar-refractivity contribution in [1.82, 2.24) is 49.5 Å². The third-order valence-electron chi connectivity index (χ3n) is 12.2. The summed E-state index contributed by atoms with van der Waals surface area (Å²) < 4.78 is 122. The molecule has 456 valence electrons. The van der Waals surface area contributed by atoms with Crippen LogP contribution in [0.15, 0.2) is 165 Å². The van der Waals surface area contributed by atoms with Crippen LogP contribution >= 0.6 is 0 Å². The number of pyridine rings is 2. The Morgan fingerprint density at radius 3 is 1.44 bits per heavy atom. The molecule has 0 saturated heterocycles. The molecule has 0 atom stereocenters. The zero-order chi connectivity index (χ0) is 63.4. The predicted octanol–water partition coefficient (Wildman–Crippen LogP) is 13.1. The van der Waals surface area contributed by atoms with Crippen LogP contribution in [0.4, 0.5) is 58.9 Å². The van der Waals surface area contributed by atoms with Gasteiger partial charge >= 0.3 is 12.1 Å². The SMILES string of the molecule is CC(F)(F)c1cc(NC(=O)Oc2ccccc2)n(-c2cncc(F)c2)n1.COc1cc2ncnc(Oc3cccc(N)c3)c2cc1OC.COc1cc2ncnc(Oc3cccc(NC(=O)Nc4cc(C(C)(F)F)nn4-c4cncc(F)c4)c3)c2cc1OC. The van der Waals surface area contributed by atoms with Crippen molar-refractivity contribution < 1.29 is 69.1 Å². The minimum Gasteiger partial charge on any atom is -0.493 e. The molecule has 11 rings (SSSR count). The molecule has 89 heavy (non-hydrogen) atoms. The van der Waals surface area contributed by atoms with Gasteiger partial charge in [-0.1, -0.05) is 30.3 Å². The van der Waals surface area contributed by atoms with E-state index in [1.807, 2.05) is 12.1 Å². The number of aromatic nitrogens is 10. The van der Waals surface area contributed by atoms with Crippen molar-refractivity contribution >= 4 is 56.9 Å². The van der Waals surface area contributed by atoms with Gasteiger partial charge in [0.15, 0.2) is 23.0 Å². The quantitative estimate of drug-likeness (QED) is 0.0517. The molecular formula is C60H50F6N14O9. The number of halogens is 6. The van der Waals surface area contributed by atoms with Gasteiger partial charge in [0.25, 0.3) is 11.8 Å². The number of urea groups is 1. The first-order valence-electron chi connectivity index (χ1n) is 26.0. The highest BCUT2D eigenvalue weighted by Gasteiger charge is 2.32. The first kappa shape index (κ1) is 61.8. The summed E-state index contributed by atoms with van der Waals surface area (Å²) in [5, 5.41) is 16.3. The first-order chi connectivity index (χ1) is 42.7. The Kier molecular flexibility index (Phi) is 18.8. The molecule has 0 aliphatic carbocycles. The average molecular weight is 1230 g/mol. The summed E-state index contributed by atoms with van der Waals surface area (Å²) in [5.74, 6) is -4.19. The molecule has 6 aromatic heterocycles. The number of hydrogen-bond acceptors (Lipinski definition) is 18. The maximum atomic E-state index is 14.0. The third kappa shape index (κ3) is 15.6. The average Bonchev–Trinajstić information content (AvgIpc) is 2.91. The number of amides is 3. The Bertz CT molecular complexity index is 4320. The molecule has 11 aromatic rings. The molecule has 0 unspecified atom stereocenters. The van der Waals surface area contributed by atoms with Crippen molar-refractivity contribution in [3.05, 3.63) is 188 Å². The molecule has 5 N–H and O–H groups in total. The van der Waals surface area contributed by atoms with Gasteiger partial charge in [0.2, 0.25) is 11.8 Å². The molecule has 0 spiro atoms. The van der Waals surface area contributed by atoms with Gasteiger partial charge in [0.05, 0.1) is 86.4 Å². The Balaban J connectivity index is 0.000000169. The van der Waals surface area contributed by atoms with E-state index in [-0.39, 0.29) is 34.6 Å². The summed E-state index contributed by atoms with van der Waals surface area (Å²) in [6, 6.07) is 32.0. The van der Waals surface area contributed by atoms with E-state index >= 15 is 0 Å². The number of alkyl halides is 4. The molecule has 0 fully saturated rings. The van der Waals surface area contributed by atoms with Gasteiger partial charge in [-0.05, 0) is 48.5 Å². The van der Waals surface area contributed by atoms with Gasteiger partial charge in [-0.3, -0.25) is 20.6 Å². The highest BCUT2D eigenvalue weighted by Crippen LogP contribution is 2.38. The number of para-hydroxylation sites is 1. The topological polar surface area (TPSA) is 274 Å². The molecule has 0 radical (unpaired) electrons. The second kappa shape index (κ2) is 27.1. The lowest BCUT2D eigenvalue weighted by molar-refractivity contribution is 0.0118. The minimum atomic E-state index is -3.31. The van der Waals surface area contributed by atoms with Crippen molar-refractivity contribution in [3.63, 3.8) is 0 Å². The number of nitrogens with one attached hydrogen (secondary N) is 3. The van der Waals surface area contributed by atoms with E-state index in [1.165, 1.54) is 45.3 Å². The van der Waals surface area contributed by atoms with Gasteiger partial charge < -0.3 is 44.2 Å². The second-order valence-corrected chi connectivity index (χ2v) is 18.7. The number of fused-ring (bicyclic) bond motifs is 2. The fourth-order valence-corrected chi connectivity index (χ4v) is 8.12. The van der Waals surface area contributed by atoms with E-state index in [0.717, 1.165) is 51.4 Å². The van der Waals surface area contributed by atoms with E-state index in [2.05, 4.69) is 56.1 Å². The standard InChI is InChI=1S/C27H22F3N7O4.C17H13F3N4O2.C16H15N3O3/c1-27(29,30)23-11-24(37(36-23)17-7-15(28)12-31-13-17)35-26(38)34-16-5-4-6-18(8-16)41-25-19-9-21(39-2)22(40-3)10-20(19)32-14-33-25;1-17(19,20)14-8-15(22-16(25)26-13-5-3-2-4-6-13)24(23-14)12-7-11(18)9-21-10-12;1-20-14-7-12-13(8-15(14)21-2)18-9-19-16(12)22-11-5-3-4-10(17)6-11/h4-14H,1-3H3,(H2,34,35,38);2-10H,1H3,(H,22,25);3-9H,17H2,1-2H3. The van der Waals surface area contributed by atoms with Crippen LogP contribution in [0.5, 0.6) is 52.0 Å². The number of hydrogen-bond donors (Lipinski definition) is 4. The van der Waals surface area contributed by atoms with Gasteiger partial charge in [0.1, 0.15) is 64.6 Å². The maximum Gasteiger partial charge on any atom is 0.418 e. The molecule has 29 heteroatoms. The van der Waals surface area contributed by atoms with Crippen LogP contribution in [0, 0.1) is 11.6 Å². The number of rotatable bonds is 16. The van der Waals surface area contributed by atoms with Crippen LogP contribution in [-0.4, -0.2) is 90.0 Å². The normalized spacial score (nSPS) is 11.1. The van der Waals surface area contributed by atoms with Gasteiger partial charge in [-0.2, -0.15) is 27.8 Å². The number of ether oxygens (including phenoxy) is 7. The fraction of sp³-hybridized carbons (Fsp3) is 0.133. The first-order valence-corrected chi connectivity index (χ1v) is 26.0. The van der Waals surface area contributed by atoms with E-state index in [0.29, 0.717) is 82.0 Å². The number of carbonyl (C=O) groups is 2. The van der Waals surface area contributed by atoms with Crippen molar-refractivity contribution in [2.24, 2.45) is 0 Å². The number of nitrogens with two attached hydrogens (primary N) is 1. The molecule has 0 aliphatic heterocycles. The smallest absolute Gasteiger partial charge is 0.418 e. The van der Waals surface area contributed by atoms with Crippen LogP contribution in [0.25, 0.3) is 33.2 Å². The van der Waals surface area contributed by atoms with E-state index in [9.17, 15) is 35.9 Å². The summed E-state index contributed by atoms with van der Waals surface area (Å²) in [6.45, 7) is 1.32. The summed E-state index contributed by atoms with van der Waals surface area (Å²) in [4.78, 5) is 49.1. The van der Waals surface area contributed by atoms with E-state index in [1.54, 1.807) is 99.1 Å². The lowest BCUT2D eigenvalue weighted by atomic mass is 10.2. The van der Waals surface area contributed by atoms with E-state index < -0.39 is 47.0 Å². The van der Waals surface area contributed by atoms with Crippen molar-refractivity contribution in [2.75, 3.05) is 50.1 Å². The highest BCUT2D eigenvalue weighted by molar-refractivity contribution is 5.99. The van der Waals surface area contributed by atoms with Crippen molar-refractivity contribution in [3.8, 4) is 63.4 Å². The Labute approximate surface area is 501 Å². The number of benzene rings is 5. The number of anilines is 4. The van der Waals surface area contributed by atoms with Crippen molar-refractivity contribution in [1.29, 1.82) is 0 Å². The van der Waals surface area contributed by atoms with Crippen molar-refractivity contribution in [2.45, 2.75) is 25.7 Å². The summed E-state index contributed by atoms with van der Waals surface area (Å²) in [5.41, 5.74) is 6.83. The Hall–Kier alpha value is -11.8. The van der Waals surface area contributed by atoms with Crippen LogP contribution in [0.1, 0.15) is 25.2 Å². The van der Waals surface area contributed by atoms with Gasteiger partial charge in [-0.15, -0.1) is 0 Å². The van der Waals surface area contributed by atoms with Crippen LogP contribution in [0.3, 0.4) is 0 Å². The third-order valence-corrected chi connectivity index (χ3v) is 12.2. The fourth-order valence-electron chi connectivity index (χ4n) is 8.12. The number of carbonyl (C=O) groups excluding carboxylic acids is 2. The minimum absolute atomic E-state index is 0.0394. The van der Waals surface area contributed by atoms with Gasteiger partial charge in [0, 0.05) is 73.8 Å². The Morgan fingerprint density at radius 2 is 0.966 bits per heavy atom. The number of nitrogens with zero attached hydrogens (tertiary/aromatic N) is 10. The van der Waals surface area contributed by atoms with Gasteiger partial charge in [-0.25, -0.2) is 47.7 Å². The zero-order valence-electron chi connectivity index (χ0n) is 47.6. The summed E-state index contributed by atoms with van der Waals surface area (Å²) in [7, 11) is 6.17. The lowest BCUT2D eigenvalue weighted by Crippen LogP contribution is -2.21. The summed E-state index contributed by atoms with van der Waals surface area (Å²) >= 11 is 0. The summed E-state index contributed by atoms with van der Waals surface area (Å²) in [6.07, 6.45) is 6.23. The van der Waals surface area contributed by atoms with Crippen LogP contribution < -0.4 is 54.8 Å². The van der Waals surface area contributed by atoms with Crippen LogP contribution in [0.2, 0.25) is 0 Å². The predicted molar refractivity (Wildman–Crippen MR) is 313 cm³/mol. The largest absolute Gasteiger partial charge is 0.493 e. The lowest BCUT2D eigenvalue weighted by Gasteiger charge is -2.12. The second-order valence-electron chi connectivity index (χ2n) is 18.7. The monoisotopic (exact) mass is 1220 g/mol. The molecule has 0 bridgehead atoms. The molecule has 5 aromatic carbocycles. The molecule has 0 saturated carbocycles. The molecule has 0 aliphatic rings. The molecular weight excluding hydrogens is 1170 g/mol. The molecule has 6 heterocycles. The number of nitrogen functional groups attached to an aromatic ring is 1. The Morgan fingerprint density at radius 1 is 0.506 bits per heavy atom. The highest BCUT2D eigenvalue weighted by atomic mass is 19.3. The molecule has 23 nitrogen and oxygen atoms in total. The maximum absolute atomic E-state index is 14.0. The van der Waals surface area contributed by atoms with E-state index in [4.69, 9.17) is 38.9 Å². The van der Waals surface area contributed by atoms with Crippen LogP contribution in [-0.2, 0) is 11.8 Å². The number of methoxy groups -OCH3 is 4. The zero-order valence-corrected chi connectivity index (χ0v) is 47.6.